The lowest BCUT2D eigenvalue weighted by molar-refractivity contribution is -0.269. The van der Waals surface area contributed by atoms with Crippen LogP contribution < -0.4 is 5.11 Å². The van der Waals surface area contributed by atoms with Gasteiger partial charge in [-0.05, 0) is 154 Å². The maximum Gasteiger partial charge on any atom is 0.130 e. The first-order valence-corrected chi connectivity index (χ1v) is 11.4. The minimum Gasteiger partial charge on any atom is -0.872 e. The number of rotatable bonds is 0. The van der Waals surface area contributed by atoms with Crippen LogP contribution in [0.2, 0.25) is 0 Å². The summed E-state index contributed by atoms with van der Waals surface area (Å²) in [5.41, 5.74) is 0. The molecule has 0 heterocycles. The van der Waals surface area contributed by atoms with Crippen LogP contribution >= 0.6 is 136 Å². The van der Waals surface area contributed by atoms with Gasteiger partial charge < -0.3 is 10.2 Å². The summed E-state index contributed by atoms with van der Waals surface area (Å²) in [7, 11) is 0. The molecule has 8 heteroatoms. The van der Waals surface area contributed by atoms with Gasteiger partial charge in [-0.15, -0.1) is 0 Å². The van der Waals surface area contributed by atoms with Gasteiger partial charge in [-0.25, -0.2) is 0 Å². The predicted molar refractivity (Wildman–Crippen MR) is 130 cm³/mol. The molecule has 0 aliphatic rings. The predicted octanol–water partition coefficient (Wildman–Crippen LogP) is 5.78. The monoisotopic (exact) mass is 942 g/mol. The molecule has 0 saturated carbocycles. The van der Waals surface area contributed by atoms with Gasteiger partial charge in [0, 0.05) is 17.9 Å². The van der Waals surface area contributed by atoms with Crippen molar-refractivity contribution in [3.63, 3.8) is 0 Å². The van der Waals surface area contributed by atoms with E-state index in [4.69, 9.17) is 0 Å². The summed E-state index contributed by atoms with van der Waals surface area (Å²) in [5, 5.41) is 20.2. The fraction of sp³-hybridized carbons (Fsp3) is 0. The lowest BCUT2D eigenvalue weighted by Crippen LogP contribution is -1.96. The van der Waals surface area contributed by atoms with Crippen LogP contribution in [0.5, 0.6) is 11.5 Å². The minimum absolute atomic E-state index is 0.116. The second kappa shape index (κ2) is 9.65. The second-order valence-electron chi connectivity index (χ2n) is 3.37. The normalized spacial score (nSPS) is 9.90. The van der Waals surface area contributed by atoms with E-state index in [1.807, 2.05) is 12.1 Å². The third-order valence-electron chi connectivity index (χ3n) is 2.01. The summed E-state index contributed by atoms with van der Waals surface area (Å²) in [5.74, 6) is 0.482. The van der Waals surface area contributed by atoms with Gasteiger partial charge in [-0.2, -0.15) is 0 Å². The first-order chi connectivity index (χ1) is 9.25. The quantitative estimate of drug-likeness (QED) is 0.269. The molecule has 2 nitrogen and oxygen atoms in total. The molecule has 2 rings (SSSR count). The highest BCUT2D eigenvalue weighted by Gasteiger charge is 2.04. The zero-order valence-corrected chi connectivity index (χ0v) is 22.4. The fourth-order valence-corrected chi connectivity index (χ4v) is 4.80. The minimum atomic E-state index is 0.116. The Bertz CT molecular complexity index is 520. The largest absolute Gasteiger partial charge is 0.872 e. The second-order valence-corrected chi connectivity index (χ2v) is 10.0. The number of aromatic hydroxyl groups is 1. The highest BCUT2D eigenvalue weighted by molar-refractivity contribution is 14.1. The number of hydrogen-bond donors (Lipinski definition) is 1. The molecule has 0 fully saturated rings. The third-order valence-corrected chi connectivity index (χ3v) is 12.3. The van der Waals surface area contributed by atoms with Crippen molar-refractivity contribution in [1.82, 2.24) is 0 Å². The molecule has 0 unspecified atom stereocenters. The molecule has 2 aromatic carbocycles. The number of hydrogen-bond acceptors (Lipinski definition) is 2. The Morgan fingerprint density at radius 2 is 1.10 bits per heavy atom. The first-order valence-electron chi connectivity index (χ1n) is 4.88. The van der Waals surface area contributed by atoms with Crippen LogP contribution in [0.1, 0.15) is 0 Å². The van der Waals surface area contributed by atoms with Crippen LogP contribution in [0.15, 0.2) is 24.3 Å². The van der Waals surface area contributed by atoms with Crippen LogP contribution in [0, 0.1) is 21.4 Å². The number of benzene rings is 2. The summed E-state index contributed by atoms with van der Waals surface area (Å²) < 4.78 is 6.27. The Morgan fingerprint density at radius 1 is 0.650 bits per heavy atom. The molecule has 0 aliphatic carbocycles. The van der Waals surface area contributed by atoms with E-state index >= 15 is 0 Å². The van der Waals surface area contributed by atoms with Crippen molar-refractivity contribution in [1.29, 1.82) is 0 Å². The summed E-state index contributed by atoms with van der Waals surface area (Å²) in [4.78, 5) is 0. The van der Waals surface area contributed by atoms with Gasteiger partial charge in [0.1, 0.15) is 5.75 Å². The number of phenols is 1. The van der Waals surface area contributed by atoms with Gasteiger partial charge >= 0.3 is 0 Å². The van der Waals surface area contributed by atoms with Crippen LogP contribution in [0.4, 0.5) is 0 Å². The van der Waals surface area contributed by atoms with Gasteiger partial charge in [-0.1, -0.05) is 11.8 Å². The van der Waals surface area contributed by atoms with E-state index in [0.29, 0.717) is 5.75 Å². The standard InChI is InChI=1S/2C6H3I3O/c2*7-3-1-2-4(10)6(9)5(3)8/h2*1-2,10H/p-1. The summed E-state index contributed by atoms with van der Waals surface area (Å²) in [6.45, 7) is 0. The maximum atomic E-state index is 11.0. The molecule has 1 N–H and O–H groups in total. The van der Waals surface area contributed by atoms with E-state index < -0.39 is 0 Å². The lowest BCUT2D eigenvalue weighted by Gasteiger charge is -2.10. The Morgan fingerprint density at radius 3 is 1.55 bits per heavy atom. The molecule has 0 spiro atoms. The zero-order valence-electron chi connectivity index (χ0n) is 9.43. The Kier molecular flexibility index (Phi) is 9.88. The third kappa shape index (κ3) is 5.81. The molecule has 0 aliphatic heterocycles. The molecule has 20 heavy (non-hydrogen) atoms. The molecule has 0 atom stereocenters. The topological polar surface area (TPSA) is 43.3 Å². The smallest absolute Gasteiger partial charge is 0.130 e. The van der Waals surface area contributed by atoms with E-state index in [1.165, 1.54) is 3.57 Å². The van der Waals surface area contributed by atoms with Gasteiger partial charge in [0.2, 0.25) is 0 Å². The van der Waals surface area contributed by atoms with E-state index in [0.717, 1.165) is 17.9 Å². The lowest BCUT2D eigenvalue weighted by atomic mass is 10.3. The molecule has 2 aromatic rings. The van der Waals surface area contributed by atoms with Gasteiger partial charge in [0.05, 0.1) is 3.57 Å². The van der Waals surface area contributed by atoms with Crippen LogP contribution in [-0.2, 0) is 0 Å². The molecule has 0 amide bonds. The van der Waals surface area contributed by atoms with Crippen molar-refractivity contribution in [2.45, 2.75) is 0 Å². The average molecular weight is 943 g/mol. The Balaban J connectivity index is 0.000000200. The molecular weight excluding hydrogens is 938 g/mol. The van der Waals surface area contributed by atoms with Crippen LogP contribution in [0.3, 0.4) is 0 Å². The van der Waals surface area contributed by atoms with Crippen molar-refractivity contribution < 1.29 is 10.2 Å². The highest BCUT2D eigenvalue weighted by Crippen LogP contribution is 2.28. The molecule has 0 aromatic heterocycles. The van der Waals surface area contributed by atoms with Crippen molar-refractivity contribution in [2.75, 3.05) is 0 Å². The van der Waals surface area contributed by atoms with Gasteiger partial charge in [-0.3, -0.25) is 0 Å². The fourth-order valence-electron chi connectivity index (χ4n) is 1.02. The van der Waals surface area contributed by atoms with Gasteiger partial charge in [0.25, 0.3) is 0 Å². The highest BCUT2D eigenvalue weighted by atomic mass is 127. The van der Waals surface area contributed by atoms with Crippen molar-refractivity contribution in [3.8, 4) is 11.5 Å². The summed E-state index contributed by atoms with van der Waals surface area (Å²) in [6, 6.07) is 7.06. The van der Waals surface area contributed by atoms with Crippen molar-refractivity contribution in [2.24, 2.45) is 0 Å². The Labute approximate surface area is 199 Å². The van der Waals surface area contributed by atoms with Crippen molar-refractivity contribution in [3.05, 3.63) is 45.7 Å². The first kappa shape index (κ1) is 20.5. The average Bonchev–Trinajstić information content (AvgIpc) is 2.43. The van der Waals surface area contributed by atoms with E-state index in [9.17, 15) is 10.2 Å². The van der Waals surface area contributed by atoms with Crippen LogP contribution in [-0.4, -0.2) is 5.11 Å². The van der Waals surface area contributed by atoms with Crippen LogP contribution in [0.25, 0.3) is 0 Å². The summed E-state index contributed by atoms with van der Waals surface area (Å²) in [6.07, 6.45) is 0. The van der Waals surface area contributed by atoms with E-state index in [1.54, 1.807) is 12.1 Å². The molecule has 0 radical (unpaired) electrons. The zero-order chi connectivity index (χ0) is 15.4. The molecule has 0 saturated heterocycles. The maximum absolute atomic E-state index is 11.0. The van der Waals surface area contributed by atoms with E-state index in [2.05, 4.69) is 136 Å². The number of halogens is 6. The van der Waals surface area contributed by atoms with Gasteiger partial charge in [0.15, 0.2) is 0 Å². The van der Waals surface area contributed by atoms with Crippen molar-refractivity contribution >= 4 is 136 Å². The molecular formula is C12H5I6O2-. The molecule has 108 valence electrons. The SMILES string of the molecule is Oc1ccc(I)c(I)c1I.[O-]c1ccc(I)c(I)c1I. The number of phenolic OH excluding ortho intramolecular Hbond substituents is 1. The Hall–Kier alpha value is 2.42. The van der Waals surface area contributed by atoms with E-state index in [-0.39, 0.29) is 5.75 Å². The summed E-state index contributed by atoms with van der Waals surface area (Å²) >= 11 is 13.1. The molecule has 0 bridgehead atoms.